The van der Waals surface area contributed by atoms with Gasteiger partial charge in [0.2, 0.25) is 0 Å². The van der Waals surface area contributed by atoms with Crippen molar-refractivity contribution in [1.29, 1.82) is 0 Å². The molecule has 2 heterocycles. The number of thiophene rings is 1. The lowest BCUT2D eigenvalue weighted by Gasteiger charge is -2.26. The van der Waals surface area contributed by atoms with E-state index in [1.54, 1.807) is 32.3 Å². The van der Waals surface area contributed by atoms with E-state index in [0.717, 1.165) is 21.6 Å². The Morgan fingerprint density at radius 3 is 2.56 bits per heavy atom. The van der Waals surface area contributed by atoms with Gasteiger partial charge in [0.15, 0.2) is 11.5 Å². The van der Waals surface area contributed by atoms with Crippen LogP contribution in [0.15, 0.2) is 47.5 Å². The first-order chi connectivity index (χ1) is 17.4. The van der Waals surface area contributed by atoms with Gasteiger partial charge in [0, 0.05) is 23.3 Å². The first-order valence-corrected chi connectivity index (χ1v) is 12.5. The maximum Gasteiger partial charge on any atom is 0.410 e. The van der Waals surface area contributed by atoms with Gasteiger partial charge in [-0.05, 0) is 61.7 Å². The van der Waals surface area contributed by atoms with Crippen LogP contribution in [-0.2, 0) is 17.7 Å². The van der Waals surface area contributed by atoms with Crippen LogP contribution in [0.5, 0.6) is 11.5 Å². The second-order valence-corrected chi connectivity index (χ2v) is 9.33. The van der Waals surface area contributed by atoms with Crippen molar-refractivity contribution in [3.8, 4) is 11.5 Å². The van der Waals surface area contributed by atoms with Crippen molar-refractivity contribution >= 4 is 40.2 Å². The van der Waals surface area contributed by atoms with Gasteiger partial charge in [-0.3, -0.25) is 4.79 Å². The highest BCUT2D eigenvalue weighted by atomic mass is 32.1. The third kappa shape index (κ3) is 5.52. The molecule has 188 valence electrons. The van der Waals surface area contributed by atoms with Gasteiger partial charge < -0.3 is 24.4 Å². The summed E-state index contributed by atoms with van der Waals surface area (Å²) in [6, 6.07) is 13.2. The third-order valence-electron chi connectivity index (χ3n) is 5.84. The van der Waals surface area contributed by atoms with Gasteiger partial charge >= 0.3 is 6.09 Å². The van der Waals surface area contributed by atoms with Crippen LogP contribution in [0.2, 0.25) is 0 Å². The van der Waals surface area contributed by atoms with Crippen molar-refractivity contribution in [3.63, 3.8) is 0 Å². The number of methoxy groups -OCH3 is 2. The molecule has 3 aromatic rings. The SMILES string of the molecule is CCOC(=O)N1CCc2c(sc(N=Cc3ccc(OC)c(OC)c3)c2C(=O)Nc2ccc(C)cc2)C1. The van der Waals surface area contributed by atoms with Gasteiger partial charge in [0.1, 0.15) is 5.00 Å². The number of ether oxygens (including phenoxy) is 3. The fourth-order valence-corrected chi connectivity index (χ4v) is 5.19. The largest absolute Gasteiger partial charge is 0.493 e. The lowest BCUT2D eigenvalue weighted by molar-refractivity contribution is 0.102. The van der Waals surface area contributed by atoms with Crippen molar-refractivity contribution in [1.82, 2.24) is 4.90 Å². The third-order valence-corrected chi connectivity index (χ3v) is 6.96. The highest BCUT2D eigenvalue weighted by molar-refractivity contribution is 7.16. The molecule has 1 N–H and O–H groups in total. The number of nitrogens with zero attached hydrogens (tertiary/aromatic N) is 2. The second kappa shape index (κ2) is 11.3. The summed E-state index contributed by atoms with van der Waals surface area (Å²) < 4.78 is 15.9. The van der Waals surface area contributed by atoms with Crippen molar-refractivity contribution < 1.29 is 23.8 Å². The van der Waals surface area contributed by atoms with Crippen molar-refractivity contribution in [2.75, 3.05) is 32.7 Å². The van der Waals surface area contributed by atoms with E-state index >= 15 is 0 Å². The Kier molecular flexibility index (Phi) is 7.90. The van der Waals surface area contributed by atoms with Crippen LogP contribution in [0.25, 0.3) is 0 Å². The fourth-order valence-electron chi connectivity index (χ4n) is 3.98. The number of hydrogen-bond acceptors (Lipinski definition) is 7. The lowest BCUT2D eigenvalue weighted by atomic mass is 10.0. The Balaban J connectivity index is 1.68. The normalized spacial score (nSPS) is 12.8. The number of benzene rings is 2. The minimum atomic E-state index is -0.349. The van der Waals surface area contributed by atoms with Gasteiger partial charge in [-0.15, -0.1) is 11.3 Å². The number of nitrogens with one attached hydrogen (secondary N) is 1. The zero-order chi connectivity index (χ0) is 25.7. The zero-order valence-electron chi connectivity index (χ0n) is 20.8. The number of anilines is 1. The topological polar surface area (TPSA) is 89.5 Å². The van der Waals surface area contributed by atoms with E-state index in [4.69, 9.17) is 19.2 Å². The molecule has 2 amide bonds. The van der Waals surface area contributed by atoms with Crippen LogP contribution in [0.1, 0.15) is 38.8 Å². The molecule has 0 saturated heterocycles. The summed E-state index contributed by atoms with van der Waals surface area (Å²) in [4.78, 5) is 33.0. The standard InChI is InChI=1S/C27H29N3O5S/c1-5-35-27(32)30-13-12-20-23(16-30)36-26(24(20)25(31)29-19-9-6-17(2)7-10-19)28-15-18-8-11-21(33-3)22(14-18)34-4/h6-11,14-15H,5,12-13,16H2,1-4H3,(H,29,31). The van der Waals surface area contributed by atoms with E-state index in [-0.39, 0.29) is 12.0 Å². The van der Waals surface area contributed by atoms with E-state index in [2.05, 4.69) is 5.32 Å². The smallest absolute Gasteiger partial charge is 0.410 e. The van der Waals surface area contributed by atoms with E-state index in [9.17, 15) is 9.59 Å². The molecule has 2 aromatic carbocycles. The molecule has 0 unspecified atom stereocenters. The minimum Gasteiger partial charge on any atom is -0.493 e. The van der Waals surface area contributed by atoms with Gasteiger partial charge in [-0.2, -0.15) is 0 Å². The van der Waals surface area contributed by atoms with Crippen molar-refractivity contribution in [3.05, 3.63) is 69.6 Å². The molecule has 0 radical (unpaired) electrons. The Morgan fingerprint density at radius 1 is 1.11 bits per heavy atom. The Hall–Kier alpha value is -3.85. The predicted octanol–water partition coefficient (Wildman–Crippen LogP) is 5.59. The molecule has 0 saturated carbocycles. The number of fused-ring (bicyclic) bond motifs is 1. The van der Waals surface area contributed by atoms with Crippen LogP contribution in [-0.4, -0.2) is 50.5 Å². The van der Waals surface area contributed by atoms with Crippen LogP contribution in [0, 0.1) is 6.92 Å². The van der Waals surface area contributed by atoms with Crippen LogP contribution in [0.4, 0.5) is 15.5 Å². The number of aliphatic imine (C=N–C) groups is 1. The summed E-state index contributed by atoms with van der Waals surface area (Å²) in [5.41, 5.74) is 4.09. The predicted molar refractivity (Wildman–Crippen MR) is 141 cm³/mol. The zero-order valence-corrected chi connectivity index (χ0v) is 21.6. The Bertz CT molecular complexity index is 1280. The van der Waals surface area contributed by atoms with E-state index in [1.807, 2.05) is 49.4 Å². The molecule has 0 bridgehead atoms. The molecule has 4 rings (SSSR count). The molecule has 36 heavy (non-hydrogen) atoms. The molecule has 1 aromatic heterocycles. The van der Waals surface area contributed by atoms with Gasteiger partial charge in [-0.1, -0.05) is 17.7 Å². The van der Waals surface area contributed by atoms with E-state index < -0.39 is 0 Å². The quantitative estimate of drug-likeness (QED) is 0.421. The van der Waals surface area contributed by atoms with E-state index in [0.29, 0.717) is 53.9 Å². The van der Waals surface area contributed by atoms with Crippen LogP contribution >= 0.6 is 11.3 Å². The molecule has 8 nitrogen and oxygen atoms in total. The number of amides is 2. The fraction of sp³-hybridized carbons (Fsp3) is 0.296. The average Bonchev–Trinajstić information content (AvgIpc) is 3.26. The molecule has 9 heteroatoms. The average molecular weight is 508 g/mol. The summed E-state index contributed by atoms with van der Waals surface area (Å²) in [6.45, 7) is 4.96. The lowest BCUT2D eigenvalue weighted by Crippen LogP contribution is -2.36. The number of carbonyl (C=O) groups excluding carboxylic acids is 2. The first-order valence-electron chi connectivity index (χ1n) is 11.6. The highest BCUT2D eigenvalue weighted by Gasteiger charge is 2.30. The molecular weight excluding hydrogens is 478 g/mol. The summed E-state index contributed by atoms with van der Waals surface area (Å²) in [6.07, 6.45) is 1.90. The van der Waals surface area contributed by atoms with E-state index in [1.165, 1.54) is 11.3 Å². The maximum atomic E-state index is 13.4. The molecular formula is C27H29N3O5S. The molecule has 1 aliphatic heterocycles. The second-order valence-electron chi connectivity index (χ2n) is 8.25. The summed E-state index contributed by atoms with van der Waals surface area (Å²) in [5.74, 6) is 0.994. The molecule has 0 spiro atoms. The summed E-state index contributed by atoms with van der Waals surface area (Å²) in [5, 5.41) is 3.59. The molecule has 0 fully saturated rings. The summed E-state index contributed by atoms with van der Waals surface area (Å²) >= 11 is 1.42. The monoisotopic (exact) mass is 507 g/mol. The first kappa shape index (κ1) is 25.2. The number of carbonyl (C=O) groups is 2. The Morgan fingerprint density at radius 2 is 1.86 bits per heavy atom. The van der Waals surface area contributed by atoms with Gasteiger partial charge in [0.25, 0.3) is 5.91 Å². The molecule has 0 atom stereocenters. The summed E-state index contributed by atoms with van der Waals surface area (Å²) in [7, 11) is 3.16. The van der Waals surface area contributed by atoms with Gasteiger partial charge in [-0.25, -0.2) is 9.79 Å². The van der Waals surface area contributed by atoms with Crippen LogP contribution < -0.4 is 14.8 Å². The molecule has 1 aliphatic rings. The number of hydrogen-bond donors (Lipinski definition) is 1. The Labute approximate surface area is 214 Å². The van der Waals surface area contributed by atoms with Crippen molar-refractivity contribution in [2.45, 2.75) is 26.8 Å². The highest BCUT2D eigenvalue weighted by Crippen LogP contribution is 2.40. The maximum absolute atomic E-state index is 13.4. The van der Waals surface area contributed by atoms with Crippen LogP contribution in [0.3, 0.4) is 0 Å². The minimum absolute atomic E-state index is 0.222. The van der Waals surface area contributed by atoms with Gasteiger partial charge in [0.05, 0.1) is 32.9 Å². The number of aryl methyl sites for hydroxylation is 1. The number of rotatable bonds is 7. The molecule has 0 aliphatic carbocycles. The van der Waals surface area contributed by atoms with Crippen molar-refractivity contribution in [2.24, 2.45) is 4.99 Å².